The molecule has 196 valence electrons. The van der Waals surface area contributed by atoms with Crippen LogP contribution in [0.4, 0.5) is 0 Å². The van der Waals surface area contributed by atoms with E-state index < -0.39 is 0 Å². The van der Waals surface area contributed by atoms with Gasteiger partial charge in [0.05, 0.1) is 40.8 Å². The maximum absolute atomic E-state index is 13.6. The second-order valence-corrected chi connectivity index (χ2v) is 10.0. The largest absolute Gasteiger partial charge is 0.490 e. The molecule has 0 radical (unpaired) electrons. The molecule has 4 rings (SSSR count). The van der Waals surface area contributed by atoms with E-state index in [1.807, 2.05) is 38.3 Å². The SMILES string of the molecule is CNC(=O)c1ccc(-c2ccc(OC(C)C)c(C(=O)NC(CC#N)CC3=CNC4C=CC=CC34)c2)cc1Cl. The van der Waals surface area contributed by atoms with Crippen LogP contribution in [-0.4, -0.2) is 37.0 Å². The number of rotatable bonds is 9. The van der Waals surface area contributed by atoms with Crippen LogP contribution < -0.4 is 20.7 Å². The fourth-order valence-electron chi connectivity index (χ4n) is 4.70. The summed E-state index contributed by atoms with van der Waals surface area (Å²) in [5.41, 5.74) is 3.39. The standard InChI is InChI=1S/C30H31ClN4O3/c1-18(2)38-28-11-9-19(20-8-10-24(26(31)16-20)29(36)33-3)15-25(28)30(37)35-22(12-13-32)14-21-17-34-27-7-5-4-6-23(21)27/h4-11,15-18,22-23,27,34H,12,14H2,1-3H3,(H,33,36)(H,35,37). The van der Waals surface area contributed by atoms with Gasteiger partial charge in [-0.2, -0.15) is 5.26 Å². The van der Waals surface area contributed by atoms with E-state index in [1.165, 1.54) is 0 Å². The Hall–Kier alpha value is -4.02. The summed E-state index contributed by atoms with van der Waals surface area (Å²) in [5.74, 6) is 0.0680. The Kier molecular flexibility index (Phi) is 8.55. The van der Waals surface area contributed by atoms with Crippen molar-refractivity contribution in [1.82, 2.24) is 16.0 Å². The van der Waals surface area contributed by atoms with Crippen LogP contribution in [0.15, 0.2) is 72.5 Å². The van der Waals surface area contributed by atoms with Crippen LogP contribution in [0.2, 0.25) is 5.02 Å². The normalized spacial score (nSPS) is 18.2. The van der Waals surface area contributed by atoms with Gasteiger partial charge in [-0.3, -0.25) is 9.59 Å². The highest BCUT2D eigenvalue weighted by atomic mass is 35.5. The van der Waals surface area contributed by atoms with E-state index in [0.717, 1.165) is 16.7 Å². The Morgan fingerprint density at radius 3 is 2.53 bits per heavy atom. The van der Waals surface area contributed by atoms with Gasteiger partial charge in [0.15, 0.2) is 0 Å². The van der Waals surface area contributed by atoms with E-state index in [4.69, 9.17) is 16.3 Å². The summed E-state index contributed by atoms with van der Waals surface area (Å²) in [4.78, 5) is 25.6. The Bertz CT molecular complexity index is 1360. The number of fused-ring (bicyclic) bond motifs is 1. The Morgan fingerprint density at radius 1 is 1.08 bits per heavy atom. The van der Waals surface area contributed by atoms with Crippen molar-refractivity contribution in [3.8, 4) is 22.9 Å². The summed E-state index contributed by atoms with van der Waals surface area (Å²) in [6.07, 6.45) is 10.9. The molecule has 1 aliphatic carbocycles. The van der Waals surface area contributed by atoms with Crippen molar-refractivity contribution in [2.75, 3.05) is 7.05 Å². The molecule has 38 heavy (non-hydrogen) atoms. The predicted molar refractivity (Wildman–Crippen MR) is 149 cm³/mol. The van der Waals surface area contributed by atoms with Crippen LogP contribution in [-0.2, 0) is 0 Å². The van der Waals surface area contributed by atoms with Gasteiger partial charge in [0.2, 0.25) is 0 Å². The number of nitrogens with one attached hydrogen (secondary N) is 3. The van der Waals surface area contributed by atoms with Crippen molar-refractivity contribution < 1.29 is 14.3 Å². The molecule has 0 saturated heterocycles. The highest BCUT2D eigenvalue weighted by molar-refractivity contribution is 6.34. The van der Waals surface area contributed by atoms with Gasteiger partial charge >= 0.3 is 0 Å². The van der Waals surface area contributed by atoms with Gasteiger partial charge in [-0.15, -0.1) is 0 Å². The molecule has 0 spiro atoms. The molecule has 0 fully saturated rings. The van der Waals surface area contributed by atoms with Gasteiger partial charge in [-0.25, -0.2) is 0 Å². The number of carbonyl (C=O) groups excluding carboxylic acids is 2. The first-order valence-electron chi connectivity index (χ1n) is 12.6. The molecule has 2 aromatic carbocycles. The fraction of sp³-hybridized carbons (Fsp3) is 0.300. The van der Waals surface area contributed by atoms with Gasteiger partial charge in [-0.05, 0) is 67.4 Å². The van der Waals surface area contributed by atoms with E-state index in [9.17, 15) is 14.9 Å². The van der Waals surface area contributed by atoms with E-state index in [2.05, 4.69) is 34.2 Å². The first kappa shape index (κ1) is 27.0. The van der Waals surface area contributed by atoms with Crippen molar-refractivity contribution in [2.45, 2.75) is 44.9 Å². The minimum absolute atomic E-state index is 0.138. The number of nitrogens with zero attached hydrogens (tertiary/aromatic N) is 1. The molecule has 8 heteroatoms. The topological polar surface area (TPSA) is 103 Å². The molecule has 7 nitrogen and oxygen atoms in total. The van der Waals surface area contributed by atoms with Crippen molar-refractivity contribution in [3.63, 3.8) is 0 Å². The molecular weight excluding hydrogens is 500 g/mol. The maximum atomic E-state index is 13.6. The van der Waals surface area contributed by atoms with Crippen LogP contribution in [0.25, 0.3) is 11.1 Å². The first-order chi connectivity index (χ1) is 18.3. The number of nitriles is 1. The fourth-order valence-corrected chi connectivity index (χ4v) is 4.97. The minimum Gasteiger partial charge on any atom is -0.490 e. The Labute approximate surface area is 228 Å². The summed E-state index contributed by atoms with van der Waals surface area (Å²) in [6.45, 7) is 3.79. The van der Waals surface area contributed by atoms with Gasteiger partial charge in [0.1, 0.15) is 5.75 Å². The van der Waals surface area contributed by atoms with E-state index >= 15 is 0 Å². The Morgan fingerprint density at radius 2 is 1.82 bits per heavy atom. The number of hydrogen-bond acceptors (Lipinski definition) is 5. The second-order valence-electron chi connectivity index (χ2n) is 9.60. The lowest BCUT2D eigenvalue weighted by Crippen LogP contribution is -2.36. The van der Waals surface area contributed by atoms with Crippen molar-refractivity contribution in [2.24, 2.45) is 5.92 Å². The maximum Gasteiger partial charge on any atom is 0.255 e. The lowest BCUT2D eigenvalue weighted by atomic mass is 9.87. The average Bonchev–Trinajstić information content (AvgIpc) is 3.31. The van der Waals surface area contributed by atoms with E-state index in [1.54, 1.807) is 37.4 Å². The highest BCUT2D eigenvalue weighted by Crippen LogP contribution is 2.32. The van der Waals surface area contributed by atoms with E-state index in [0.29, 0.717) is 28.3 Å². The van der Waals surface area contributed by atoms with Crippen LogP contribution in [0, 0.1) is 17.2 Å². The number of allylic oxidation sites excluding steroid dienone is 2. The zero-order valence-electron chi connectivity index (χ0n) is 21.6. The molecule has 2 amide bonds. The molecule has 3 atom stereocenters. The summed E-state index contributed by atoms with van der Waals surface area (Å²) in [6, 6.07) is 12.6. The lowest BCUT2D eigenvalue weighted by molar-refractivity contribution is 0.0929. The smallest absolute Gasteiger partial charge is 0.255 e. The third-order valence-electron chi connectivity index (χ3n) is 6.54. The summed E-state index contributed by atoms with van der Waals surface area (Å²) >= 11 is 6.37. The second kappa shape index (κ2) is 12.0. The number of carbonyl (C=O) groups is 2. The first-order valence-corrected chi connectivity index (χ1v) is 13.0. The summed E-state index contributed by atoms with van der Waals surface area (Å²) in [7, 11) is 1.55. The Balaban J connectivity index is 1.60. The summed E-state index contributed by atoms with van der Waals surface area (Å²) < 4.78 is 5.95. The molecule has 3 unspecified atom stereocenters. The van der Waals surface area contributed by atoms with Crippen LogP contribution in [0.3, 0.4) is 0 Å². The number of halogens is 1. The monoisotopic (exact) mass is 530 g/mol. The van der Waals surface area contributed by atoms with E-state index in [-0.39, 0.29) is 42.3 Å². The van der Waals surface area contributed by atoms with Gasteiger partial charge < -0.3 is 20.7 Å². The number of amides is 2. The van der Waals surface area contributed by atoms with Crippen molar-refractivity contribution in [1.29, 1.82) is 5.26 Å². The zero-order valence-corrected chi connectivity index (χ0v) is 22.4. The molecule has 3 N–H and O–H groups in total. The van der Waals surface area contributed by atoms with Crippen LogP contribution in [0.1, 0.15) is 47.4 Å². The minimum atomic E-state index is -0.365. The molecule has 1 aliphatic heterocycles. The third kappa shape index (κ3) is 6.09. The zero-order chi connectivity index (χ0) is 27.2. The van der Waals surface area contributed by atoms with Crippen LogP contribution >= 0.6 is 11.6 Å². The number of ether oxygens (including phenoxy) is 1. The number of hydrogen-bond donors (Lipinski definition) is 3. The quantitative estimate of drug-likeness (QED) is 0.416. The van der Waals surface area contributed by atoms with Crippen molar-refractivity contribution in [3.05, 3.63) is 88.6 Å². The molecule has 0 aromatic heterocycles. The molecule has 2 aromatic rings. The highest BCUT2D eigenvalue weighted by Gasteiger charge is 2.29. The van der Waals surface area contributed by atoms with Gasteiger partial charge in [0, 0.05) is 19.0 Å². The van der Waals surface area contributed by atoms with Crippen molar-refractivity contribution >= 4 is 23.4 Å². The molecule has 0 bridgehead atoms. The molecule has 1 heterocycles. The van der Waals surface area contributed by atoms with Gasteiger partial charge in [0.25, 0.3) is 11.8 Å². The lowest BCUT2D eigenvalue weighted by Gasteiger charge is -2.23. The predicted octanol–water partition coefficient (Wildman–Crippen LogP) is 5.15. The molecule has 2 aliphatic rings. The van der Waals surface area contributed by atoms with Gasteiger partial charge in [-0.1, -0.05) is 48.0 Å². The van der Waals surface area contributed by atoms with Crippen LogP contribution in [0.5, 0.6) is 5.75 Å². The molecular formula is C30H31ClN4O3. The third-order valence-corrected chi connectivity index (χ3v) is 6.85. The average molecular weight is 531 g/mol. The number of benzene rings is 2. The molecule has 0 saturated carbocycles. The summed E-state index contributed by atoms with van der Waals surface area (Å²) in [5, 5.41) is 18.8.